The van der Waals surface area contributed by atoms with Crippen molar-refractivity contribution in [3.8, 4) is 0 Å². The van der Waals surface area contributed by atoms with Gasteiger partial charge >= 0.3 is 0 Å². The Hall–Kier alpha value is -3.68. The number of hydrogen-bond acceptors (Lipinski definition) is 4. The number of amides is 2. The van der Waals surface area contributed by atoms with Crippen molar-refractivity contribution in [2.45, 2.75) is 31.3 Å². The van der Waals surface area contributed by atoms with Gasteiger partial charge in [-0.15, -0.1) is 5.10 Å². The Bertz CT molecular complexity index is 1500. The number of hydrogen-bond donors (Lipinski definition) is 1. The lowest BCUT2D eigenvalue weighted by Crippen LogP contribution is -2.47. The van der Waals surface area contributed by atoms with Gasteiger partial charge < -0.3 is 10.2 Å². The van der Waals surface area contributed by atoms with E-state index in [1.165, 1.54) is 0 Å². The van der Waals surface area contributed by atoms with Crippen molar-refractivity contribution in [3.05, 3.63) is 105 Å². The Kier molecular flexibility index (Phi) is 5.35. The van der Waals surface area contributed by atoms with Gasteiger partial charge in [-0.25, -0.2) is 4.68 Å². The van der Waals surface area contributed by atoms with E-state index in [4.69, 9.17) is 23.2 Å². The number of anilines is 2. The van der Waals surface area contributed by atoms with Crippen molar-refractivity contribution in [2.24, 2.45) is 0 Å². The van der Waals surface area contributed by atoms with Crippen molar-refractivity contribution in [3.63, 3.8) is 0 Å². The fourth-order valence-electron chi connectivity index (χ4n) is 5.21. The molecule has 1 aromatic heterocycles. The maximum Gasteiger partial charge on any atom is 0.244 e. The molecule has 180 valence electrons. The van der Waals surface area contributed by atoms with Crippen LogP contribution < -0.4 is 10.2 Å². The lowest BCUT2D eigenvalue weighted by Gasteiger charge is -2.31. The highest BCUT2D eigenvalue weighted by molar-refractivity contribution is 6.31. The third-order valence-electron chi connectivity index (χ3n) is 7.00. The van der Waals surface area contributed by atoms with Gasteiger partial charge in [0.25, 0.3) is 0 Å². The first-order valence-electron chi connectivity index (χ1n) is 11.6. The smallest absolute Gasteiger partial charge is 0.244 e. The molecule has 0 saturated carbocycles. The van der Waals surface area contributed by atoms with E-state index in [9.17, 15) is 9.59 Å². The summed E-state index contributed by atoms with van der Waals surface area (Å²) in [6.45, 7) is 2.32. The Morgan fingerprint density at radius 2 is 1.72 bits per heavy atom. The van der Waals surface area contributed by atoms with Gasteiger partial charge in [-0.1, -0.05) is 70.9 Å². The zero-order valence-corrected chi connectivity index (χ0v) is 20.8. The van der Waals surface area contributed by atoms with Crippen molar-refractivity contribution in [1.29, 1.82) is 0 Å². The first-order valence-corrected chi connectivity index (χ1v) is 12.3. The summed E-state index contributed by atoms with van der Waals surface area (Å²) in [5.41, 5.74) is 2.40. The van der Waals surface area contributed by atoms with Crippen LogP contribution in [0, 0.1) is 0 Å². The fraction of sp³-hybridized carbons (Fsp3) is 0.185. The summed E-state index contributed by atoms with van der Waals surface area (Å²) in [6, 6.07) is 22.2. The molecule has 2 atom stereocenters. The Labute approximate surface area is 217 Å². The Morgan fingerprint density at radius 3 is 2.47 bits per heavy atom. The zero-order valence-electron chi connectivity index (χ0n) is 19.3. The minimum atomic E-state index is -1.31. The number of nitrogens with zero attached hydrogens (tertiary/aromatic N) is 4. The van der Waals surface area contributed by atoms with E-state index in [1.807, 2.05) is 55.5 Å². The van der Waals surface area contributed by atoms with Crippen LogP contribution in [0.25, 0.3) is 0 Å². The molecule has 6 rings (SSSR count). The lowest BCUT2D eigenvalue weighted by atomic mass is 9.73. The fourth-order valence-corrected chi connectivity index (χ4v) is 5.51. The number of nitrogens with one attached hydrogen (secondary N) is 1. The second-order valence-electron chi connectivity index (χ2n) is 9.13. The first-order chi connectivity index (χ1) is 17.4. The largest absolute Gasteiger partial charge is 0.309 e. The monoisotopic (exact) mass is 517 g/mol. The van der Waals surface area contributed by atoms with Crippen LogP contribution in [0.15, 0.2) is 72.8 Å². The molecule has 4 aromatic rings. The molecule has 2 aliphatic heterocycles. The number of halogens is 2. The van der Waals surface area contributed by atoms with E-state index in [1.54, 1.807) is 33.8 Å². The van der Waals surface area contributed by atoms with Gasteiger partial charge in [0.2, 0.25) is 11.8 Å². The standard InChI is InChI=1S/C27H21Cl2N5O2/c1-16(18-7-9-19(28)10-8-18)34-25-24(31-32-34)27(14-23(35)30-25)21-13-20(29)11-12-22(21)33(26(27)36)15-17-5-3-2-4-6-17/h2-13,16H,14-15H2,1H3,(H,30,35)/t16-,27+/m0/s1. The van der Waals surface area contributed by atoms with E-state index >= 15 is 0 Å². The molecule has 0 aliphatic carbocycles. The summed E-state index contributed by atoms with van der Waals surface area (Å²) >= 11 is 12.5. The highest BCUT2D eigenvalue weighted by atomic mass is 35.5. The van der Waals surface area contributed by atoms with Crippen LogP contribution in [0.2, 0.25) is 10.0 Å². The molecule has 36 heavy (non-hydrogen) atoms. The van der Waals surface area contributed by atoms with Gasteiger partial charge in [-0.3, -0.25) is 9.59 Å². The van der Waals surface area contributed by atoms with Gasteiger partial charge in [0.05, 0.1) is 19.0 Å². The number of fused-ring (bicyclic) bond motifs is 4. The van der Waals surface area contributed by atoms with E-state index in [-0.39, 0.29) is 24.3 Å². The van der Waals surface area contributed by atoms with Crippen LogP contribution in [0.3, 0.4) is 0 Å². The highest BCUT2D eigenvalue weighted by Crippen LogP contribution is 2.52. The first kappa shape index (κ1) is 22.8. The summed E-state index contributed by atoms with van der Waals surface area (Å²) in [5.74, 6) is -0.0874. The van der Waals surface area contributed by atoms with E-state index in [2.05, 4.69) is 15.6 Å². The third kappa shape index (κ3) is 3.42. The van der Waals surface area contributed by atoms with E-state index in [0.29, 0.717) is 39.4 Å². The summed E-state index contributed by atoms with van der Waals surface area (Å²) in [6.07, 6.45) is -0.0779. The van der Waals surface area contributed by atoms with Gasteiger partial charge in [0.1, 0.15) is 11.1 Å². The molecule has 1 spiro atoms. The maximum absolute atomic E-state index is 14.3. The van der Waals surface area contributed by atoms with Crippen LogP contribution in [-0.4, -0.2) is 26.8 Å². The van der Waals surface area contributed by atoms with E-state index in [0.717, 1.165) is 11.1 Å². The normalized spacial score (nSPS) is 19.2. The summed E-state index contributed by atoms with van der Waals surface area (Å²) in [7, 11) is 0. The molecule has 0 saturated heterocycles. The molecule has 7 nitrogen and oxygen atoms in total. The predicted octanol–water partition coefficient (Wildman–Crippen LogP) is 5.37. The quantitative estimate of drug-likeness (QED) is 0.394. The molecule has 3 aromatic carbocycles. The average molecular weight is 518 g/mol. The van der Waals surface area contributed by atoms with Gasteiger partial charge in [0, 0.05) is 15.7 Å². The number of benzene rings is 3. The van der Waals surface area contributed by atoms with Crippen LogP contribution in [0.5, 0.6) is 0 Å². The van der Waals surface area contributed by atoms with Crippen LogP contribution >= 0.6 is 23.2 Å². The molecule has 9 heteroatoms. The van der Waals surface area contributed by atoms with Crippen molar-refractivity contribution < 1.29 is 9.59 Å². The Morgan fingerprint density at radius 1 is 1.00 bits per heavy atom. The topological polar surface area (TPSA) is 80.1 Å². The molecule has 1 N–H and O–H groups in total. The summed E-state index contributed by atoms with van der Waals surface area (Å²) in [5, 5.41) is 12.9. The maximum atomic E-state index is 14.3. The van der Waals surface area contributed by atoms with Crippen LogP contribution in [0.4, 0.5) is 11.5 Å². The van der Waals surface area contributed by atoms with Gasteiger partial charge in [-0.2, -0.15) is 0 Å². The number of aromatic nitrogens is 3. The molecular weight excluding hydrogens is 497 g/mol. The number of carbonyl (C=O) groups excluding carboxylic acids is 2. The average Bonchev–Trinajstić information content (AvgIpc) is 3.39. The summed E-state index contributed by atoms with van der Waals surface area (Å²) in [4.78, 5) is 29.1. The Balaban J connectivity index is 1.50. The van der Waals surface area contributed by atoms with Crippen LogP contribution in [0.1, 0.15) is 41.8 Å². The molecule has 0 bridgehead atoms. The van der Waals surface area contributed by atoms with Gasteiger partial charge in [0.15, 0.2) is 5.82 Å². The molecule has 0 fully saturated rings. The number of rotatable bonds is 4. The summed E-state index contributed by atoms with van der Waals surface area (Å²) < 4.78 is 1.65. The molecule has 0 unspecified atom stereocenters. The minimum Gasteiger partial charge on any atom is -0.309 e. The van der Waals surface area contributed by atoms with Crippen LogP contribution in [-0.2, 0) is 21.5 Å². The number of carbonyl (C=O) groups is 2. The molecular formula is C27H21Cl2N5O2. The van der Waals surface area contributed by atoms with Crippen molar-refractivity contribution in [1.82, 2.24) is 15.0 Å². The minimum absolute atomic E-state index is 0.0779. The van der Waals surface area contributed by atoms with Crippen molar-refractivity contribution in [2.75, 3.05) is 10.2 Å². The molecule has 3 heterocycles. The highest BCUT2D eigenvalue weighted by Gasteiger charge is 2.58. The second kappa shape index (κ2) is 8.47. The molecule has 0 radical (unpaired) electrons. The molecule has 2 aliphatic rings. The predicted molar refractivity (Wildman–Crippen MR) is 138 cm³/mol. The van der Waals surface area contributed by atoms with E-state index < -0.39 is 5.41 Å². The zero-order chi connectivity index (χ0) is 25.0. The third-order valence-corrected chi connectivity index (χ3v) is 7.49. The SMILES string of the molecule is C[C@@H](c1ccc(Cl)cc1)n1nnc2c1NC(=O)C[C@]21C(=O)N(Cc2ccccc2)c2ccc(Cl)cc21. The van der Waals surface area contributed by atoms with Crippen molar-refractivity contribution >= 4 is 46.5 Å². The molecule has 2 amide bonds. The van der Waals surface area contributed by atoms with Gasteiger partial charge in [-0.05, 0) is 53.9 Å². The lowest BCUT2D eigenvalue weighted by molar-refractivity contribution is -0.126. The second-order valence-corrected chi connectivity index (χ2v) is 10.0.